The van der Waals surface area contributed by atoms with Gasteiger partial charge in [0.25, 0.3) is 0 Å². The van der Waals surface area contributed by atoms with Gasteiger partial charge < -0.3 is 14.8 Å². The van der Waals surface area contributed by atoms with Gasteiger partial charge in [0, 0.05) is 6.04 Å². The number of hydrogen-bond donors (Lipinski definition) is 1. The first-order valence-electron chi connectivity index (χ1n) is 10.7. The van der Waals surface area contributed by atoms with Crippen molar-refractivity contribution in [3.05, 3.63) is 59.2 Å². The fraction of sp³-hybridized carbons (Fsp3) is 0.458. The number of likely N-dealkylation sites (N-methyl/N-ethyl adjacent to an activating group) is 1. The van der Waals surface area contributed by atoms with E-state index >= 15 is 0 Å². The van der Waals surface area contributed by atoms with Crippen LogP contribution >= 0.6 is 0 Å². The third-order valence-corrected chi connectivity index (χ3v) is 6.41. The van der Waals surface area contributed by atoms with E-state index in [1.54, 1.807) is 13.1 Å². The van der Waals surface area contributed by atoms with Crippen molar-refractivity contribution in [3.8, 4) is 11.5 Å². The van der Waals surface area contributed by atoms with Gasteiger partial charge in [0.2, 0.25) is 5.91 Å². The summed E-state index contributed by atoms with van der Waals surface area (Å²) in [6.07, 6.45) is 3.80. The summed E-state index contributed by atoms with van der Waals surface area (Å²) < 4.78 is 38.2. The molecule has 5 nitrogen and oxygen atoms in total. The Kier molecular flexibility index (Phi) is 6.14. The molecule has 0 saturated heterocycles. The average Bonchev–Trinajstić information content (AvgIpc) is 3.24. The second-order valence-corrected chi connectivity index (χ2v) is 8.46. The third-order valence-electron chi connectivity index (χ3n) is 6.41. The lowest BCUT2D eigenvalue weighted by atomic mass is 9.87. The van der Waals surface area contributed by atoms with E-state index in [-0.39, 0.29) is 18.5 Å². The number of benzene rings is 2. The van der Waals surface area contributed by atoms with E-state index in [4.69, 9.17) is 9.47 Å². The van der Waals surface area contributed by atoms with E-state index in [9.17, 15) is 13.6 Å². The summed E-state index contributed by atoms with van der Waals surface area (Å²) in [6, 6.07) is 9.50. The molecule has 0 bridgehead atoms. The summed E-state index contributed by atoms with van der Waals surface area (Å²) in [4.78, 5) is 14.8. The van der Waals surface area contributed by atoms with Crippen LogP contribution in [0.4, 0.5) is 8.78 Å². The molecule has 1 fully saturated rings. The van der Waals surface area contributed by atoms with Crippen molar-refractivity contribution in [2.24, 2.45) is 0 Å². The lowest BCUT2D eigenvalue weighted by Gasteiger charge is -2.33. The molecule has 2 aromatic carbocycles. The van der Waals surface area contributed by atoms with Gasteiger partial charge >= 0.3 is 0 Å². The zero-order chi connectivity index (χ0) is 22.0. The van der Waals surface area contributed by atoms with Gasteiger partial charge in [0.05, 0.1) is 12.1 Å². The maximum atomic E-state index is 13.6. The van der Waals surface area contributed by atoms with Crippen molar-refractivity contribution in [1.82, 2.24) is 10.2 Å². The lowest BCUT2D eigenvalue weighted by Crippen LogP contribution is -2.47. The average molecular weight is 430 g/mol. The number of carbonyl (C=O) groups is 1. The van der Waals surface area contributed by atoms with Crippen LogP contribution < -0.4 is 14.8 Å². The Morgan fingerprint density at radius 2 is 1.77 bits per heavy atom. The number of rotatable bonds is 6. The Hall–Kier alpha value is -2.67. The van der Waals surface area contributed by atoms with E-state index in [0.717, 1.165) is 43.1 Å². The standard InChI is InChI=1S/C24H28F2N2O3/c1-16(17-5-7-19(25)20(26)13-17)28(2)15-23(29)27-24(9-3-4-10-24)18-6-8-21-22(14-18)31-12-11-30-21/h5-8,13-14,16H,3-4,9-12,15H2,1-2H3,(H,27,29). The van der Waals surface area contributed by atoms with Crippen molar-refractivity contribution in [2.45, 2.75) is 44.2 Å². The number of nitrogens with one attached hydrogen (secondary N) is 1. The third kappa shape index (κ3) is 4.51. The van der Waals surface area contributed by atoms with E-state index in [1.807, 2.05) is 30.0 Å². The van der Waals surface area contributed by atoms with Crippen LogP contribution in [0, 0.1) is 11.6 Å². The normalized spacial score (nSPS) is 18.1. The lowest BCUT2D eigenvalue weighted by molar-refractivity contribution is -0.124. The highest BCUT2D eigenvalue weighted by atomic mass is 19.2. The van der Waals surface area contributed by atoms with Gasteiger partial charge in [0.15, 0.2) is 23.1 Å². The van der Waals surface area contributed by atoms with E-state index in [2.05, 4.69) is 5.32 Å². The van der Waals surface area contributed by atoms with Crippen LogP contribution in [0.1, 0.15) is 49.8 Å². The second kappa shape index (κ2) is 8.83. The minimum absolute atomic E-state index is 0.103. The highest BCUT2D eigenvalue weighted by Gasteiger charge is 2.38. The number of carbonyl (C=O) groups excluding carboxylic acids is 1. The van der Waals surface area contributed by atoms with Crippen LogP contribution in [0.5, 0.6) is 11.5 Å². The molecule has 1 unspecified atom stereocenters. The SMILES string of the molecule is CC(c1ccc(F)c(F)c1)N(C)CC(=O)NC1(c2ccc3c(c2)OCCO3)CCCC1. The minimum atomic E-state index is -0.884. The first-order chi connectivity index (χ1) is 14.9. The number of amides is 1. The Morgan fingerprint density at radius 1 is 1.06 bits per heavy atom. The molecular formula is C24H28F2N2O3. The summed E-state index contributed by atoms with van der Waals surface area (Å²) in [6.45, 7) is 3.07. The monoisotopic (exact) mass is 430 g/mol. The number of nitrogens with zero attached hydrogens (tertiary/aromatic N) is 1. The van der Waals surface area contributed by atoms with E-state index < -0.39 is 17.2 Å². The van der Waals surface area contributed by atoms with Crippen molar-refractivity contribution in [2.75, 3.05) is 26.8 Å². The quantitative estimate of drug-likeness (QED) is 0.742. The Labute approximate surface area is 181 Å². The first-order valence-corrected chi connectivity index (χ1v) is 10.7. The minimum Gasteiger partial charge on any atom is -0.486 e. The Morgan fingerprint density at radius 3 is 2.48 bits per heavy atom. The summed E-state index contributed by atoms with van der Waals surface area (Å²) in [5, 5.41) is 3.26. The van der Waals surface area contributed by atoms with Crippen molar-refractivity contribution in [3.63, 3.8) is 0 Å². The molecule has 1 amide bonds. The Bertz CT molecular complexity index is 960. The van der Waals surface area contributed by atoms with Gasteiger partial charge in [-0.1, -0.05) is 25.0 Å². The molecule has 1 aliphatic carbocycles. The summed E-state index contributed by atoms with van der Waals surface area (Å²) in [7, 11) is 1.80. The number of hydrogen-bond acceptors (Lipinski definition) is 4. The molecule has 1 saturated carbocycles. The zero-order valence-corrected chi connectivity index (χ0v) is 17.9. The van der Waals surface area contributed by atoms with Crippen LogP contribution in [0.3, 0.4) is 0 Å². The van der Waals surface area contributed by atoms with Gasteiger partial charge in [-0.3, -0.25) is 9.69 Å². The summed E-state index contributed by atoms with van der Waals surface area (Å²) >= 11 is 0. The van der Waals surface area contributed by atoms with Crippen LogP contribution in [-0.4, -0.2) is 37.6 Å². The molecule has 2 aliphatic rings. The van der Waals surface area contributed by atoms with E-state index in [0.29, 0.717) is 24.5 Å². The molecule has 4 rings (SSSR count). The predicted molar refractivity (Wildman–Crippen MR) is 113 cm³/mol. The molecule has 166 valence electrons. The smallest absolute Gasteiger partial charge is 0.234 e. The fourth-order valence-electron chi connectivity index (χ4n) is 4.50. The van der Waals surface area contributed by atoms with Crippen molar-refractivity contribution in [1.29, 1.82) is 0 Å². The molecular weight excluding hydrogens is 402 g/mol. The van der Waals surface area contributed by atoms with Crippen molar-refractivity contribution < 1.29 is 23.0 Å². The molecule has 1 atom stereocenters. The first kappa shape index (κ1) is 21.6. The van der Waals surface area contributed by atoms with Gasteiger partial charge in [-0.2, -0.15) is 0 Å². The van der Waals surface area contributed by atoms with Gasteiger partial charge in [-0.05, 0) is 62.2 Å². The molecule has 0 radical (unpaired) electrons. The number of halogens is 2. The van der Waals surface area contributed by atoms with Crippen molar-refractivity contribution >= 4 is 5.91 Å². The summed E-state index contributed by atoms with van der Waals surface area (Å²) in [5.41, 5.74) is 1.22. The second-order valence-electron chi connectivity index (χ2n) is 8.46. The highest BCUT2D eigenvalue weighted by Crippen LogP contribution is 2.42. The maximum Gasteiger partial charge on any atom is 0.234 e. The van der Waals surface area contributed by atoms with Gasteiger partial charge in [-0.25, -0.2) is 8.78 Å². The molecule has 1 N–H and O–H groups in total. The maximum absolute atomic E-state index is 13.6. The number of fused-ring (bicyclic) bond motifs is 1. The Balaban J connectivity index is 1.47. The van der Waals surface area contributed by atoms with Gasteiger partial charge in [0.1, 0.15) is 13.2 Å². The number of ether oxygens (including phenoxy) is 2. The highest BCUT2D eigenvalue weighted by molar-refractivity contribution is 5.79. The van der Waals surface area contributed by atoms with Crippen LogP contribution in [0.15, 0.2) is 36.4 Å². The fourth-order valence-corrected chi connectivity index (χ4v) is 4.50. The molecule has 1 aliphatic heterocycles. The molecule has 31 heavy (non-hydrogen) atoms. The molecule has 1 heterocycles. The molecule has 0 aromatic heterocycles. The summed E-state index contributed by atoms with van der Waals surface area (Å²) in [5.74, 6) is -0.415. The van der Waals surface area contributed by atoms with Crippen LogP contribution in [-0.2, 0) is 10.3 Å². The van der Waals surface area contributed by atoms with E-state index in [1.165, 1.54) is 6.07 Å². The van der Waals surface area contributed by atoms with Crippen LogP contribution in [0.2, 0.25) is 0 Å². The topological polar surface area (TPSA) is 50.8 Å². The molecule has 0 spiro atoms. The van der Waals surface area contributed by atoms with Gasteiger partial charge in [-0.15, -0.1) is 0 Å². The zero-order valence-electron chi connectivity index (χ0n) is 17.9. The predicted octanol–water partition coefficient (Wildman–Crippen LogP) is 4.31. The largest absolute Gasteiger partial charge is 0.486 e. The molecule has 2 aromatic rings. The molecule has 7 heteroatoms. The van der Waals surface area contributed by atoms with Crippen LogP contribution in [0.25, 0.3) is 0 Å².